The summed E-state index contributed by atoms with van der Waals surface area (Å²) < 4.78 is 125. The molecule has 0 heterocycles. The molecule has 0 atom stereocenters. The first-order chi connectivity index (χ1) is 22.4. The molecule has 0 aliphatic heterocycles. The predicted molar refractivity (Wildman–Crippen MR) is 162 cm³/mol. The van der Waals surface area contributed by atoms with Crippen molar-refractivity contribution in [3.05, 3.63) is 143 Å². The van der Waals surface area contributed by atoms with Gasteiger partial charge in [-0.3, -0.25) is 0 Å². The standard InChI is InChI=1S/C37H28F8O2/c1-2-3-4-5-22-6-8-23(9-7-22)21-46-26-12-15-30(33(40)19-26)37(44,45)47-27-11-14-28(32(39)20-27)24-10-13-29(31(38)16-24)25-17-34(41)36(43)35(42)18-25/h6-20H,2-5,21H2,1H3. The molecule has 244 valence electrons. The Morgan fingerprint density at radius 2 is 1.13 bits per heavy atom. The van der Waals surface area contributed by atoms with Gasteiger partial charge in [-0.2, -0.15) is 8.78 Å². The molecule has 10 heteroatoms. The van der Waals surface area contributed by atoms with Gasteiger partial charge in [0, 0.05) is 23.3 Å². The zero-order valence-corrected chi connectivity index (χ0v) is 25.0. The normalized spacial score (nSPS) is 11.5. The van der Waals surface area contributed by atoms with Crippen LogP contribution in [0.25, 0.3) is 22.3 Å². The monoisotopic (exact) mass is 656 g/mol. The van der Waals surface area contributed by atoms with Crippen LogP contribution in [0.1, 0.15) is 42.9 Å². The molecule has 0 spiro atoms. The average Bonchev–Trinajstić information content (AvgIpc) is 3.03. The minimum absolute atomic E-state index is 0.0254. The summed E-state index contributed by atoms with van der Waals surface area (Å²) in [5.41, 5.74) is 0.111. The number of unbranched alkanes of at least 4 members (excludes halogenated alkanes) is 2. The number of ether oxygens (including phenoxy) is 2. The molecule has 0 unspecified atom stereocenters. The molecule has 0 aromatic heterocycles. The van der Waals surface area contributed by atoms with E-state index in [-0.39, 0.29) is 34.6 Å². The van der Waals surface area contributed by atoms with Crippen LogP contribution >= 0.6 is 0 Å². The summed E-state index contributed by atoms with van der Waals surface area (Å²) in [6, 6.07) is 17.7. The van der Waals surface area contributed by atoms with E-state index in [9.17, 15) is 35.1 Å². The average molecular weight is 657 g/mol. The van der Waals surface area contributed by atoms with Gasteiger partial charge in [0.15, 0.2) is 17.5 Å². The third-order valence-corrected chi connectivity index (χ3v) is 7.51. The maximum absolute atomic E-state index is 15.0. The van der Waals surface area contributed by atoms with Gasteiger partial charge in [-0.05, 0) is 77.6 Å². The third-order valence-electron chi connectivity index (χ3n) is 7.51. The molecule has 47 heavy (non-hydrogen) atoms. The molecule has 5 aromatic rings. The fourth-order valence-corrected chi connectivity index (χ4v) is 4.99. The van der Waals surface area contributed by atoms with Gasteiger partial charge in [0.2, 0.25) is 0 Å². The van der Waals surface area contributed by atoms with Crippen molar-refractivity contribution in [2.45, 2.75) is 45.3 Å². The van der Waals surface area contributed by atoms with Crippen molar-refractivity contribution in [3.63, 3.8) is 0 Å². The molecule has 0 saturated carbocycles. The van der Waals surface area contributed by atoms with E-state index in [2.05, 4.69) is 11.7 Å². The molecule has 0 radical (unpaired) electrons. The van der Waals surface area contributed by atoms with Gasteiger partial charge in [-0.25, -0.2) is 26.3 Å². The second-order valence-electron chi connectivity index (χ2n) is 10.9. The number of rotatable bonds is 12. The van der Waals surface area contributed by atoms with Crippen molar-refractivity contribution in [2.24, 2.45) is 0 Å². The molecule has 2 nitrogen and oxygen atoms in total. The van der Waals surface area contributed by atoms with Crippen LogP contribution in [0.3, 0.4) is 0 Å². The largest absolute Gasteiger partial charge is 0.489 e. The molecule has 5 rings (SSSR count). The summed E-state index contributed by atoms with van der Waals surface area (Å²) in [5, 5.41) is 0. The first kappa shape index (κ1) is 33.5. The number of alkyl halides is 2. The van der Waals surface area contributed by atoms with Crippen molar-refractivity contribution in [2.75, 3.05) is 0 Å². The Kier molecular flexibility index (Phi) is 10.2. The zero-order valence-electron chi connectivity index (χ0n) is 25.0. The number of hydrogen-bond donors (Lipinski definition) is 0. The van der Waals surface area contributed by atoms with E-state index < -0.39 is 52.3 Å². The maximum atomic E-state index is 15.0. The lowest BCUT2D eigenvalue weighted by molar-refractivity contribution is -0.187. The lowest BCUT2D eigenvalue weighted by Crippen LogP contribution is -2.23. The van der Waals surface area contributed by atoms with Crippen LogP contribution in [-0.4, -0.2) is 0 Å². The molecule has 0 amide bonds. The van der Waals surface area contributed by atoms with Crippen molar-refractivity contribution in [1.82, 2.24) is 0 Å². The zero-order chi connectivity index (χ0) is 33.7. The predicted octanol–water partition coefficient (Wildman–Crippen LogP) is 11.3. The SMILES string of the molecule is CCCCCc1ccc(COc2ccc(C(F)(F)Oc3ccc(-c4ccc(-c5cc(F)c(F)c(F)c5)c(F)c4)c(F)c3)c(F)c2)cc1. The highest BCUT2D eigenvalue weighted by Crippen LogP contribution is 2.37. The molecular weight excluding hydrogens is 628 g/mol. The molecule has 5 aromatic carbocycles. The van der Waals surface area contributed by atoms with Crippen LogP contribution in [0.4, 0.5) is 35.1 Å². The van der Waals surface area contributed by atoms with Crippen molar-refractivity contribution < 1.29 is 44.6 Å². The van der Waals surface area contributed by atoms with Crippen molar-refractivity contribution in [3.8, 4) is 33.8 Å². The van der Waals surface area contributed by atoms with E-state index in [1.165, 1.54) is 17.7 Å². The van der Waals surface area contributed by atoms with Crippen molar-refractivity contribution in [1.29, 1.82) is 0 Å². The Morgan fingerprint density at radius 1 is 0.553 bits per heavy atom. The number of halogens is 8. The lowest BCUT2D eigenvalue weighted by atomic mass is 9.99. The Balaban J connectivity index is 1.25. The molecule has 0 saturated heterocycles. The molecule has 0 fully saturated rings. The quantitative estimate of drug-likeness (QED) is 0.0756. The smallest absolute Gasteiger partial charge is 0.429 e. The highest BCUT2D eigenvalue weighted by molar-refractivity contribution is 5.72. The first-order valence-electron chi connectivity index (χ1n) is 14.8. The minimum Gasteiger partial charge on any atom is -0.489 e. The first-order valence-corrected chi connectivity index (χ1v) is 14.8. The molecule has 0 N–H and O–H groups in total. The Bertz CT molecular complexity index is 1850. The maximum Gasteiger partial charge on any atom is 0.429 e. The topological polar surface area (TPSA) is 18.5 Å². The number of benzene rings is 5. The second-order valence-corrected chi connectivity index (χ2v) is 10.9. The number of hydrogen-bond acceptors (Lipinski definition) is 2. The Morgan fingerprint density at radius 3 is 1.77 bits per heavy atom. The van der Waals surface area contributed by atoms with Crippen LogP contribution < -0.4 is 9.47 Å². The summed E-state index contributed by atoms with van der Waals surface area (Å²) >= 11 is 0. The third kappa shape index (κ3) is 7.93. The summed E-state index contributed by atoms with van der Waals surface area (Å²) in [5.74, 6) is -8.71. The van der Waals surface area contributed by atoms with Gasteiger partial charge < -0.3 is 9.47 Å². The summed E-state index contributed by atoms with van der Waals surface area (Å²) in [7, 11) is 0. The second kappa shape index (κ2) is 14.3. The fraction of sp³-hybridized carbons (Fsp3) is 0.189. The van der Waals surface area contributed by atoms with Gasteiger partial charge >= 0.3 is 6.11 Å². The van der Waals surface area contributed by atoms with Crippen LogP contribution in [0, 0.1) is 34.9 Å². The van der Waals surface area contributed by atoms with E-state index in [1.54, 1.807) is 0 Å². The highest BCUT2D eigenvalue weighted by atomic mass is 19.3. The minimum atomic E-state index is -4.20. The summed E-state index contributed by atoms with van der Waals surface area (Å²) in [4.78, 5) is 0. The molecule has 0 bridgehead atoms. The number of aryl methyl sites for hydroxylation is 1. The van der Waals surface area contributed by atoms with E-state index in [4.69, 9.17) is 4.74 Å². The summed E-state index contributed by atoms with van der Waals surface area (Å²) in [6.07, 6.45) is 0.147. The van der Waals surface area contributed by atoms with Crippen molar-refractivity contribution >= 4 is 0 Å². The van der Waals surface area contributed by atoms with E-state index in [1.807, 2.05) is 24.3 Å². The van der Waals surface area contributed by atoms with Gasteiger partial charge in [-0.15, -0.1) is 0 Å². The molecule has 0 aliphatic rings. The van der Waals surface area contributed by atoms with E-state index >= 15 is 0 Å². The van der Waals surface area contributed by atoms with Gasteiger partial charge in [0.1, 0.15) is 41.1 Å². The van der Waals surface area contributed by atoms with Crippen LogP contribution in [0.2, 0.25) is 0 Å². The fourth-order valence-electron chi connectivity index (χ4n) is 4.99. The summed E-state index contributed by atoms with van der Waals surface area (Å²) in [6.45, 7) is 2.23. The van der Waals surface area contributed by atoms with Gasteiger partial charge in [0.25, 0.3) is 0 Å². The van der Waals surface area contributed by atoms with E-state index in [0.717, 1.165) is 67.6 Å². The van der Waals surface area contributed by atoms with Gasteiger partial charge in [0.05, 0.1) is 0 Å². The highest BCUT2D eigenvalue weighted by Gasteiger charge is 2.38. The Hall–Kier alpha value is -4.86. The van der Waals surface area contributed by atoms with Crippen LogP contribution in [0.15, 0.2) is 91.0 Å². The molecule has 0 aliphatic carbocycles. The Labute approximate surface area is 266 Å². The molecular formula is C37H28F8O2. The van der Waals surface area contributed by atoms with E-state index in [0.29, 0.717) is 18.2 Å². The van der Waals surface area contributed by atoms with Gasteiger partial charge in [-0.1, -0.05) is 56.2 Å². The van der Waals surface area contributed by atoms with Crippen LogP contribution in [0.5, 0.6) is 11.5 Å². The van der Waals surface area contributed by atoms with Crippen LogP contribution in [-0.2, 0) is 19.1 Å². The lowest BCUT2D eigenvalue weighted by Gasteiger charge is -2.20.